The van der Waals surface area contributed by atoms with Crippen LogP contribution in [0.4, 0.5) is 0 Å². The van der Waals surface area contributed by atoms with E-state index in [1.807, 2.05) is 12.2 Å². The molecule has 0 fully saturated rings. The van der Waals surface area contributed by atoms with Gasteiger partial charge in [-0.15, -0.1) is 0 Å². The molecule has 0 aliphatic rings. The van der Waals surface area contributed by atoms with Crippen molar-refractivity contribution in [3.63, 3.8) is 0 Å². The maximum absolute atomic E-state index is 13.1. The first-order valence-corrected chi connectivity index (χ1v) is 42.1. The molecule has 0 bridgehead atoms. The smallest absolute Gasteiger partial charge is 0.462 e. The van der Waals surface area contributed by atoms with E-state index in [-0.39, 0.29) is 25.7 Å². The van der Waals surface area contributed by atoms with E-state index in [9.17, 15) is 43.2 Å². The van der Waals surface area contributed by atoms with Gasteiger partial charge in [-0.2, -0.15) is 0 Å². The number of carbonyl (C=O) groups excluding carboxylic acids is 4. The van der Waals surface area contributed by atoms with Crippen LogP contribution in [0.1, 0.15) is 323 Å². The van der Waals surface area contributed by atoms with Gasteiger partial charge in [0.15, 0.2) is 12.2 Å². The van der Waals surface area contributed by atoms with Crippen molar-refractivity contribution in [1.82, 2.24) is 0 Å². The highest BCUT2D eigenvalue weighted by atomic mass is 31.2. The van der Waals surface area contributed by atoms with Crippen molar-refractivity contribution in [2.24, 2.45) is 0 Å². The maximum Gasteiger partial charge on any atom is 0.472 e. The molecule has 0 saturated heterocycles. The minimum Gasteiger partial charge on any atom is -0.462 e. The molecule has 0 aromatic heterocycles. The van der Waals surface area contributed by atoms with Crippen molar-refractivity contribution in [3.8, 4) is 0 Å². The number of phosphoric acid groups is 2. The molecule has 5 unspecified atom stereocenters. The summed E-state index contributed by atoms with van der Waals surface area (Å²) in [6.07, 6.45) is 78.0. The van der Waals surface area contributed by atoms with Crippen molar-refractivity contribution in [2.75, 3.05) is 39.6 Å². The molecule has 576 valence electrons. The van der Waals surface area contributed by atoms with Gasteiger partial charge in [0.05, 0.1) is 26.4 Å². The number of unbranched alkanes of at least 4 members (excludes halogenated alkanes) is 29. The number of allylic oxidation sites excluding steroid dienone is 18. The van der Waals surface area contributed by atoms with Crippen LogP contribution in [0.25, 0.3) is 0 Å². The first-order chi connectivity index (χ1) is 48.7. The Morgan fingerprint density at radius 3 is 0.880 bits per heavy atom. The number of aliphatic hydroxyl groups excluding tert-OH is 1. The van der Waals surface area contributed by atoms with E-state index < -0.39 is 97.5 Å². The molecule has 0 radical (unpaired) electrons. The average Bonchev–Trinajstić information content (AvgIpc) is 1.02. The van der Waals surface area contributed by atoms with Crippen LogP contribution in [0.3, 0.4) is 0 Å². The maximum atomic E-state index is 13.1. The number of carbonyl (C=O) groups is 4. The van der Waals surface area contributed by atoms with Crippen molar-refractivity contribution in [3.05, 3.63) is 109 Å². The lowest BCUT2D eigenvalue weighted by Gasteiger charge is -2.21. The standard InChI is InChI=1S/C81H140O17P2/c1-5-9-13-17-21-25-29-32-35-37-40-42-46-49-53-57-61-65-78(83)91-71-76(97-80(85)67-63-59-55-51-45-28-24-20-16-12-8-4)73-95-99(87,88)93-69-75(82)70-94-100(89,90)96-74-77(98-81(86)68-64-60-56-52-48-44-39-34-31-27-23-19-15-11-7-3)72-92-79(84)66-62-58-54-50-47-43-41-38-36-33-30-26-22-18-14-10-6-2/h9-10,13-14,20-22,24-26,32-33,35-36,41,43,50,54,75-77,82H,5-8,11-12,15-19,23,27-31,34,37-40,42,44-49,51-53,55-74H2,1-4H3,(H,87,88)(H,89,90)/b13-9-,14-10-,24-20-,25-21-,26-22-,35-32-,36-33-,43-41-,54-50-. The molecular formula is C81H140O17P2. The number of esters is 4. The van der Waals surface area contributed by atoms with Gasteiger partial charge in [-0.25, -0.2) is 9.13 Å². The fourth-order valence-corrected chi connectivity index (χ4v) is 11.9. The first kappa shape index (κ1) is 95.7. The Labute approximate surface area is 607 Å². The predicted octanol–water partition coefficient (Wildman–Crippen LogP) is 22.6. The summed E-state index contributed by atoms with van der Waals surface area (Å²) < 4.78 is 68.5. The molecule has 0 rings (SSSR count). The zero-order valence-electron chi connectivity index (χ0n) is 62.8. The summed E-state index contributed by atoms with van der Waals surface area (Å²) in [5, 5.41) is 10.6. The number of rotatable bonds is 73. The minimum absolute atomic E-state index is 0.0807. The molecule has 0 amide bonds. The summed E-state index contributed by atoms with van der Waals surface area (Å²) in [6.45, 7) is 4.56. The Morgan fingerprint density at radius 2 is 0.540 bits per heavy atom. The van der Waals surface area contributed by atoms with Gasteiger partial charge in [-0.05, 0) is 116 Å². The van der Waals surface area contributed by atoms with Gasteiger partial charge in [0, 0.05) is 25.7 Å². The molecule has 0 aliphatic carbocycles. The molecule has 0 aliphatic heterocycles. The summed E-state index contributed by atoms with van der Waals surface area (Å²) in [4.78, 5) is 72.9. The lowest BCUT2D eigenvalue weighted by atomic mass is 10.0. The Morgan fingerprint density at radius 1 is 0.290 bits per heavy atom. The zero-order valence-corrected chi connectivity index (χ0v) is 64.6. The van der Waals surface area contributed by atoms with Gasteiger partial charge in [-0.3, -0.25) is 37.3 Å². The third kappa shape index (κ3) is 72.1. The molecule has 0 aromatic carbocycles. The van der Waals surface area contributed by atoms with Crippen LogP contribution in [0.15, 0.2) is 109 Å². The highest BCUT2D eigenvalue weighted by Gasteiger charge is 2.30. The molecule has 5 atom stereocenters. The third-order valence-corrected chi connectivity index (χ3v) is 18.1. The molecular weight excluding hydrogens is 1310 g/mol. The van der Waals surface area contributed by atoms with Gasteiger partial charge in [-0.1, -0.05) is 291 Å². The number of aliphatic hydroxyl groups is 1. The third-order valence-electron chi connectivity index (χ3n) is 16.2. The predicted molar refractivity (Wildman–Crippen MR) is 408 cm³/mol. The number of phosphoric ester groups is 2. The van der Waals surface area contributed by atoms with Crippen molar-refractivity contribution in [2.45, 2.75) is 341 Å². The largest absolute Gasteiger partial charge is 0.472 e. The van der Waals surface area contributed by atoms with Gasteiger partial charge in [0.2, 0.25) is 0 Å². The van der Waals surface area contributed by atoms with Crippen LogP contribution >= 0.6 is 15.6 Å². The second kappa shape index (κ2) is 73.0. The topological polar surface area (TPSA) is 237 Å². The van der Waals surface area contributed by atoms with Crippen LogP contribution < -0.4 is 0 Å². The SMILES string of the molecule is CC/C=C\C/C=C\C/C=C\C/C=C\C/C=C\CCCC(=O)OCC(COP(=O)(O)OCC(O)COP(=O)(O)OCC(COC(=O)CCCCCCCCC/C=C\C/C=C\C/C=C\CC)OC(=O)CCCCCCC/C=C\CCCC)OC(=O)CCCCCCCCCCCCCCCCC. The lowest BCUT2D eigenvalue weighted by molar-refractivity contribution is -0.161. The van der Waals surface area contributed by atoms with E-state index in [1.54, 1.807) is 0 Å². The molecule has 17 nitrogen and oxygen atoms in total. The Hall–Kier alpha value is -4.28. The van der Waals surface area contributed by atoms with E-state index in [4.69, 9.17) is 37.0 Å². The summed E-state index contributed by atoms with van der Waals surface area (Å²) in [6, 6.07) is 0. The highest BCUT2D eigenvalue weighted by Crippen LogP contribution is 2.45. The van der Waals surface area contributed by atoms with E-state index >= 15 is 0 Å². The van der Waals surface area contributed by atoms with E-state index in [0.29, 0.717) is 32.1 Å². The first-order valence-electron chi connectivity index (χ1n) is 39.1. The van der Waals surface area contributed by atoms with Crippen molar-refractivity contribution >= 4 is 39.5 Å². The zero-order chi connectivity index (χ0) is 73.2. The van der Waals surface area contributed by atoms with Crippen LogP contribution in [0.2, 0.25) is 0 Å². The van der Waals surface area contributed by atoms with E-state index in [1.165, 1.54) is 77.0 Å². The van der Waals surface area contributed by atoms with Gasteiger partial charge in [0.1, 0.15) is 19.3 Å². The van der Waals surface area contributed by atoms with Gasteiger partial charge in [0.25, 0.3) is 0 Å². The van der Waals surface area contributed by atoms with Crippen molar-refractivity contribution < 1.29 is 80.2 Å². The lowest BCUT2D eigenvalue weighted by Crippen LogP contribution is -2.30. The number of ether oxygens (including phenoxy) is 4. The van der Waals surface area contributed by atoms with Gasteiger partial charge < -0.3 is 33.8 Å². The summed E-state index contributed by atoms with van der Waals surface area (Å²) in [5.41, 5.74) is 0. The van der Waals surface area contributed by atoms with Crippen molar-refractivity contribution in [1.29, 1.82) is 0 Å². The van der Waals surface area contributed by atoms with E-state index in [2.05, 4.69) is 125 Å². The van der Waals surface area contributed by atoms with Crippen LogP contribution in [0.5, 0.6) is 0 Å². The fourth-order valence-electron chi connectivity index (χ4n) is 10.3. The second-order valence-electron chi connectivity index (χ2n) is 25.9. The molecule has 0 spiro atoms. The molecule has 0 aromatic rings. The normalized spacial score (nSPS) is 14.5. The minimum atomic E-state index is -4.99. The molecule has 19 heteroatoms. The van der Waals surface area contributed by atoms with Crippen LogP contribution in [-0.2, 0) is 65.4 Å². The summed E-state index contributed by atoms with van der Waals surface area (Å²) in [7, 11) is -9.97. The molecule has 100 heavy (non-hydrogen) atoms. The van der Waals surface area contributed by atoms with E-state index in [0.717, 1.165) is 161 Å². The quantitative estimate of drug-likeness (QED) is 0.0169. The number of hydrogen-bond donors (Lipinski definition) is 3. The Bertz CT molecular complexity index is 2320. The molecule has 3 N–H and O–H groups in total. The molecule has 0 heterocycles. The van der Waals surface area contributed by atoms with Gasteiger partial charge >= 0.3 is 39.5 Å². The highest BCUT2D eigenvalue weighted by molar-refractivity contribution is 7.47. The summed E-state index contributed by atoms with van der Waals surface area (Å²) in [5.74, 6) is -2.25. The Kier molecular flexibility index (Phi) is 69.9. The van der Waals surface area contributed by atoms with Crippen LogP contribution in [0, 0.1) is 0 Å². The summed E-state index contributed by atoms with van der Waals surface area (Å²) >= 11 is 0. The average molecular weight is 1450 g/mol. The molecule has 0 saturated carbocycles. The Balaban J connectivity index is 5.36. The fraction of sp³-hybridized carbons (Fsp3) is 0.728. The second-order valence-corrected chi connectivity index (χ2v) is 28.8. The van der Waals surface area contributed by atoms with Crippen LogP contribution in [-0.4, -0.2) is 96.7 Å². The number of hydrogen-bond acceptors (Lipinski definition) is 15. The monoisotopic (exact) mass is 1450 g/mol.